The van der Waals surface area contributed by atoms with Gasteiger partial charge in [0.25, 0.3) is 11.5 Å². The zero-order valence-electron chi connectivity index (χ0n) is 17.8. The van der Waals surface area contributed by atoms with Gasteiger partial charge in [0.2, 0.25) is 11.8 Å². The van der Waals surface area contributed by atoms with E-state index in [0.29, 0.717) is 73.1 Å². The van der Waals surface area contributed by atoms with Crippen molar-refractivity contribution < 1.29 is 14.4 Å². The van der Waals surface area contributed by atoms with E-state index in [9.17, 15) is 19.2 Å². The summed E-state index contributed by atoms with van der Waals surface area (Å²) in [6.45, 7) is 2.75. The Balaban J connectivity index is 1.49. The van der Waals surface area contributed by atoms with Gasteiger partial charge in [-0.25, -0.2) is 0 Å². The molecule has 170 valence electrons. The number of primary amides is 1. The molecule has 2 aromatic rings. The molecule has 10 heteroatoms. The molecule has 0 saturated carbocycles. The normalized spacial score (nSPS) is 17.3. The van der Waals surface area contributed by atoms with Crippen molar-refractivity contribution in [2.75, 3.05) is 26.2 Å². The van der Waals surface area contributed by atoms with E-state index in [-0.39, 0.29) is 29.2 Å². The molecule has 0 unspecified atom stereocenters. The number of benzene rings is 1. The zero-order valence-corrected chi connectivity index (χ0v) is 18.7. The summed E-state index contributed by atoms with van der Waals surface area (Å²) >= 11 is 5.40. The van der Waals surface area contributed by atoms with Gasteiger partial charge in [-0.2, -0.15) is 0 Å². The SMILES string of the molecule is NC(=O)C1CCN(C(=O)c2ccc3c(=O)n(CCCN4CCCC4=O)c(=S)[nH]c3c2)CC1. The lowest BCUT2D eigenvalue weighted by atomic mass is 9.96. The first-order chi connectivity index (χ1) is 15.3. The molecule has 3 N–H and O–H groups in total. The summed E-state index contributed by atoms with van der Waals surface area (Å²) in [6, 6.07) is 4.95. The van der Waals surface area contributed by atoms with E-state index in [1.165, 1.54) is 4.57 Å². The van der Waals surface area contributed by atoms with Gasteiger partial charge in [0.05, 0.1) is 10.9 Å². The molecule has 0 aliphatic carbocycles. The minimum Gasteiger partial charge on any atom is -0.369 e. The fourth-order valence-corrected chi connectivity index (χ4v) is 4.78. The van der Waals surface area contributed by atoms with E-state index < -0.39 is 0 Å². The molecule has 0 spiro atoms. The second-order valence-electron chi connectivity index (χ2n) is 8.45. The van der Waals surface area contributed by atoms with Crippen LogP contribution >= 0.6 is 12.2 Å². The van der Waals surface area contributed by atoms with Gasteiger partial charge < -0.3 is 20.5 Å². The molecule has 1 aromatic heterocycles. The first kappa shape index (κ1) is 22.2. The Hall–Kier alpha value is -3.01. The number of aromatic nitrogens is 2. The Morgan fingerprint density at radius 1 is 1.12 bits per heavy atom. The molecule has 2 saturated heterocycles. The van der Waals surface area contributed by atoms with Gasteiger partial charge in [0.15, 0.2) is 4.77 Å². The molecule has 2 aliphatic rings. The molecular weight excluding hydrogens is 430 g/mol. The number of aromatic amines is 1. The highest BCUT2D eigenvalue weighted by Gasteiger charge is 2.26. The fraction of sp³-hybridized carbons (Fsp3) is 0.500. The van der Waals surface area contributed by atoms with Crippen LogP contribution in [0.2, 0.25) is 0 Å². The molecule has 3 heterocycles. The number of carbonyl (C=O) groups excluding carboxylic acids is 3. The zero-order chi connectivity index (χ0) is 22.8. The second-order valence-corrected chi connectivity index (χ2v) is 8.84. The van der Waals surface area contributed by atoms with Gasteiger partial charge in [-0.1, -0.05) is 0 Å². The van der Waals surface area contributed by atoms with Gasteiger partial charge in [0.1, 0.15) is 0 Å². The Morgan fingerprint density at radius 3 is 2.53 bits per heavy atom. The molecule has 2 aliphatic heterocycles. The van der Waals surface area contributed by atoms with E-state index in [0.717, 1.165) is 13.0 Å². The number of nitrogens with one attached hydrogen (secondary N) is 1. The largest absolute Gasteiger partial charge is 0.369 e. The smallest absolute Gasteiger partial charge is 0.262 e. The van der Waals surface area contributed by atoms with Crippen LogP contribution in [-0.2, 0) is 16.1 Å². The highest BCUT2D eigenvalue weighted by Crippen LogP contribution is 2.20. The quantitative estimate of drug-likeness (QED) is 0.635. The summed E-state index contributed by atoms with van der Waals surface area (Å²) in [5.41, 5.74) is 6.14. The van der Waals surface area contributed by atoms with E-state index in [1.807, 2.05) is 4.90 Å². The number of hydrogen-bond acceptors (Lipinski definition) is 5. The summed E-state index contributed by atoms with van der Waals surface area (Å²) in [6.07, 6.45) is 3.25. The minimum atomic E-state index is -0.321. The Bertz CT molecular complexity index is 1180. The number of likely N-dealkylation sites (tertiary alicyclic amines) is 2. The molecule has 3 amide bonds. The second kappa shape index (κ2) is 9.23. The highest BCUT2D eigenvalue weighted by molar-refractivity contribution is 7.71. The van der Waals surface area contributed by atoms with Crippen molar-refractivity contribution in [3.8, 4) is 0 Å². The number of hydrogen-bond donors (Lipinski definition) is 2. The van der Waals surface area contributed by atoms with Crippen molar-refractivity contribution in [1.29, 1.82) is 0 Å². The number of fused-ring (bicyclic) bond motifs is 1. The van der Waals surface area contributed by atoms with E-state index in [1.54, 1.807) is 23.1 Å². The molecule has 0 bridgehead atoms. The number of nitrogens with zero attached hydrogens (tertiary/aromatic N) is 3. The van der Waals surface area contributed by atoms with Crippen molar-refractivity contribution in [3.05, 3.63) is 38.9 Å². The summed E-state index contributed by atoms with van der Waals surface area (Å²) in [5, 5.41) is 0.458. The summed E-state index contributed by atoms with van der Waals surface area (Å²) in [7, 11) is 0. The third-order valence-corrected chi connectivity index (χ3v) is 6.72. The number of amides is 3. The predicted octanol–water partition coefficient (Wildman–Crippen LogP) is 1.41. The summed E-state index contributed by atoms with van der Waals surface area (Å²) in [5.74, 6) is -0.488. The first-order valence-corrected chi connectivity index (χ1v) is 11.4. The van der Waals surface area contributed by atoms with Crippen LogP contribution in [0, 0.1) is 10.7 Å². The van der Waals surface area contributed by atoms with Crippen LogP contribution in [0.4, 0.5) is 0 Å². The lowest BCUT2D eigenvalue weighted by Crippen LogP contribution is -2.41. The van der Waals surface area contributed by atoms with Crippen LogP contribution < -0.4 is 11.3 Å². The number of carbonyl (C=O) groups is 3. The van der Waals surface area contributed by atoms with E-state index >= 15 is 0 Å². The van der Waals surface area contributed by atoms with Crippen molar-refractivity contribution in [2.45, 2.75) is 38.6 Å². The van der Waals surface area contributed by atoms with Crippen LogP contribution in [0.1, 0.15) is 42.5 Å². The predicted molar refractivity (Wildman–Crippen MR) is 122 cm³/mol. The average molecular weight is 458 g/mol. The van der Waals surface area contributed by atoms with Crippen molar-refractivity contribution in [2.24, 2.45) is 11.7 Å². The lowest BCUT2D eigenvalue weighted by Gasteiger charge is -2.30. The number of H-pyrrole nitrogens is 1. The molecule has 2 fully saturated rings. The number of rotatable bonds is 6. The topological polar surface area (TPSA) is 122 Å². The molecule has 4 rings (SSSR count). The van der Waals surface area contributed by atoms with Crippen molar-refractivity contribution in [1.82, 2.24) is 19.4 Å². The maximum atomic E-state index is 13.0. The standard InChI is InChI=1S/C22H27N5O4S/c23-19(29)14-6-11-26(12-7-14)20(30)15-4-5-16-17(13-15)24-22(32)27(21(16)31)10-2-9-25-8-1-3-18(25)28/h4-5,13-14H,1-3,6-12H2,(H2,23,29)(H,24,32). The average Bonchev–Trinajstić information content (AvgIpc) is 3.19. The van der Waals surface area contributed by atoms with Gasteiger partial charge in [-0.3, -0.25) is 23.7 Å². The molecule has 1 aromatic carbocycles. The van der Waals surface area contributed by atoms with Gasteiger partial charge in [-0.15, -0.1) is 0 Å². The Kier molecular flexibility index (Phi) is 6.40. The third kappa shape index (κ3) is 4.45. The van der Waals surface area contributed by atoms with Crippen LogP contribution in [0.15, 0.2) is 23.0 Å². The summed E-state index contributed by atoms with van der Waals surface area (Å²) in [4.78, 5) is 55.6. The molecular formula is C22H27N5O4S. The maximum Gasteiger partial charge on any atom is 0.262 e. The van der Waals surface area contributed by atoms with Crippen molar-refractivity contribution >= 4 is 40.8 Å². The molecule has 32 heavy (non-hydrogen) atoms. The van der Waals surface area contributed by atoms with E-state index in [4.69, 9.17) is 18.0 Å². The van der Waals surface area contributed by atoms with Gasteiger partial charge in [-0.05, 0) is 56.1 Å². The fourth-order valence-electron chi connectivity index (χ4n) is 4.50. The molecule has 9 nitrogen and oxygen atoms in total. The van der Waals surface area contributed by atoms with Gasteiger partial charge >= 0.3 is 0 Å². The minimum absolute atomic E-state index is 0.145. The monoisotopic (exact) mass is 457 g/mol. The molecule has 0 atom stereocenters. The lowest BCUT2D eigenvalue weighted by molar-refractivity contribution is -0.127. The maximum absolute atomic E-state index is 13.0. The Morgan fingerprint density at radius 2 is 1.88 bits per heavy atom. The third-order valence-electron chi connectivity index (χ3n) is 6.39. The van der Waals surface area contributed by atoms with Crippen LogP contribution in [0.5, 0.6) is 0 Å². The van der Waals surface area contributed by atoms with Gasteiger partial charge in [0, 0.05) is 50.6 Å². The summed E-state index contributed by atoms with van der Waals surface area (Å²) < 4.78 is 1.80. The first-order valence-electron chi connectivity index (χ1n) is 11.0. The van der Waals surface area contributed by atoms with Crippen LogP contribution in [0.25, 0.3) is 10.9 Å². The number of piperidine rings is 1. The highest BCUT2D eigenvalue weighted by atomic mass is 32.1. The Labute approximate surface area is 190 Å². The van der Waals surface area contributed by atoms with Crippen molar-refractivity contribution in [3.63, 3.8) is 0 Å². The number of nitrogens with two attached hydrogens (primary N) is 1. The van der Waals surface area contributed by atoms with Crippen LogP contribution in [-0.4, -0.2) is 63.3 Å². The van der Waals surface area contributed by atoms with E-state index in [2.05, 4.69) is 4.98 Å². The van der Waals surface area contributed by atoms with Crippen LogP contribution in [0.3, 0.4) is 0 Å². The molecule has 0 radical (unpaired) electrons.